The number of aromatic nitrogens is 2. The van der Waals surface area contributed by atoms with Gasteiger partial charge in [0.15, 0.2) is 0 Å². The third-order valence-electron chi connectivity index (χ3n) is 6.18. The highest BCUT2D eigenvalue weighted by Crippen LogP contribution is 2.37. The summed E-state index contributed by atoms with van der Waals surface area (Å²) in [7, 11) is 0. The highest BCUT2D eigenvalue weighted by molar-refractivity contribution is 6.06. The first-order valence-electron chi connectivity index (χ1n) is 9.97. The van der Waals surface area contributed by atoms with E-state index >= 15 is 0 Å². The van der Waals surface area contributed by atoms with E-state index in [1.54, 1.807) is 17.4 Å². The molecule has 0 bridgehead atoms. The fourth-order valence-electron chi connectivity index (χ4n) is 4.50. The molecule has 3 aliphatic rings. The molecule has 2 unspecified atom stereocenters. The minimum Gasteiger partial charge on any atom is -0.334 e. The Labute approximate surface area is 168 Å². The number of allylic oxidation sites excluding steroid dienone is 2. The summed E-state index contributed by atoms with van der Waals surface area (Å²) in [6.45, 7) is 1.54. The van der Waals surface area contributed by atoms with Gasteiger partial charge >= 0.3 is 0 Å². The van der Waals surface area contributed by atoms with Gasteiger partial charge in [0.25, 0.3) is 5.91 Å². The van der Waals surface area contributed by atoms with Crippen LogP contribution in [0.1, 0.15) is 28.8 Å². The fourth-order valence-corrected chi connectivity index (χ4v) is 4.50. The Kier molecular flexibility index (Phi) is 4.30. The average Bonchev–Trinajstić information content (AvgIpc) is 3.30. The number of amides is 3. The number of likely N-dealkylation sites (tertiary alicyclic amines) is 2. The van der Waals surface area contributed by atoms with Crippen LogP contribution in [0.5, 0.6) is 0 Å². The molecule has 2 aliphatic heterocycles. The Bertz CT molecular complexity index is 948. The van der Waals surface area contributed by atoms with Crippen molar-refractivity contribution in [3.8, 4) is 0 Å². The third-order valence-corrected chi connectivity index (χ3v) is 6.18. The molecule has 2 aromatic rings. The summed E-state index contributed by atoms with van der Waals surface area (Å²) in [5, 5.41) is 0. The fraction of sp³-hybridized carbons (Fsp3) is 0.364. The summed E-state index contributed by atoms with van der Waals surface area (Å²) >= 11 is 0. The van der Waals surface area contributed by atoms with Crippen molar-refractivity contribution < 1.29 is 14.4 Å². The normalized spacial score (nSPS) is 24.0. The number of imidazole rings is 1. The standard InChI is InChI=1S/C22H22N4O3/c27-20(16-7-5-15(6-8-16)11-24-10-9-23-14-24)25-12-17(13-25)26-21(28)18-3-1-2-4-19(18)22(26)29/h1-2,5-10,14,17-19H,3-4,11-13H2. The van der Waals surface area contributed by atoms with Crippen molar-refractivity contribution >= 4 is 17.7 Å². The molecule has 148 valence electrons. The molecule has 1 aromatic heterocycles. The van der Waals surface area contributed by atoms with Crippen molar-refractivity contribution in [1.29, 1.82) is 0 Å². The highest BCUT2D eigenvalue weighted by Gasteiger charge is 2.52. The molecule has 29 heavy (non-hydrogen) atoms. The van der Waals surface area contributed by atoms with E-state index in [0.717, 1.165) is 5.56 Å². The van der Waals surface area contributed by atoms with Crippen molar-refractivity contribution in [3.63, 3.8) is 0 Å². The number of hydrogen-bond acceptors (Lipinski definition) is 4. The summed E-state index contributed by atoms with van der Waals surface area (Å²) < 4.78 is 1.97. The van der Waals surface area contributed by atoms with Gasteiger partial charge in [-0.05, 0) is 30.5 Å². The second-order valence-electron chi connectivity index (χ2n) is 8.00. The van der Waals surface area contributed by atoms with E-state index in [4.69, 9.17) is 0 Å². The summed E-state index contributed by atoms with van der Waals surface area (Å²) in [5.74, 6) is -0.607. The number of benzene rings is 1. The molecule has 2 fully saturated rings. The van der Waals surface area contributed by atoms with Crippen molar-refractivity contribution in [3.05, 3.63) is 66.3 Å². The van der Waals surface area contributed by atoms with Crippen LogP contribution >= 0.6 is 0 Å². The van der Waals surface area contributed by atoms with Gasteiger partial charge in [-0.1, -0.05) is 24.3 Å². The highest BCUT2D eigenvalue weighted by atomic mass is 16.2. The lowest BCUT2D eigenvalue weighted by Crippen LogP contribution is -2.62. The van der Waals surface area contributed by atoms with Gasteiger partial charge in [0.05, 0.1) is 24.2 Å². The molecule has 2 atom stereocenters. The van der Waals surface area contributed by atoms with Crippen LogP contribution < -0.4 is 0 Å². The Morgan fingerprint density at radius 3 is 2.24 bits per heavy atom. The van der Waals surface area contributed by atoms with E-state index in [0.29, 0.717) is 38.0 Å². The molecule has 1 aromatic carbocycles. The summed E-state index contributed by atoms with van der Waals surface area (Å²) in [6, 6.07) is 7.35. The van der Waals surface area contributed by atoms with Crippen molar-refractivity contribution in [2.24, 2.45) is 11.8 Å². The second kappa shape index (κ2) is 6.99. The van der Waals surface area contributed by atoms with Gasteiger partial charge in [0.2, 0.25) is 11.8 Å². The summed E-state index contributed by atoms with van der Waals surface area (Å²) in [4.78, 5) is 45.2. The minimum absolute atomic E-state index is 0.0615. The molecular formula is C22H22N4O3. The molecule has 3 heterocycles. The number of hydrogen-bond donors (Lipinski definition) is 0. The molecule has 0 radical (unpaired) electrons. The van der Waals surface area contributed by atoms with Crippen LogP contribution in [0, 0.1) is 11.8 Å². The largest absolute Gasteiger partial charge is 0.334 e. The third kappa shape index (κ3) is 3.06. The van der Waals surface area contributed by atoms with E-state index in [-0.39, 0.29) is 35.6 Å². The predicted octanol–water partition coefficient (Wildman–Crippen LogP) is 1.71. The number of imide groups is 1. The van der Waals surface area contributed by atoms with Crippen molar-refractivity contribution in [2.75, 3.05) is 13.1 Å². The van der Waals surface area contributed by atoms with Crippen LogP contribution in [-0.2, 0) is 16.1 Å². The molecule has 5 rings (SSSR count). The van der Waals surface area contributed by atoms with E-state index < -0.39 is 0 Å². The van der Waals surface area contributed by atoms with E-state index in [9.17, 15) is 14.4 Å². The van der Waals surface area contributed by atoms with Crippen LogP contribution in [0.2, 0.25) is 0 Å². The van der Waals surface area contributed by atoms with Crippen LogP contribution in [0.25, 0.3) is 0 Å². The Morgan fingerprint density at radius 1 is 1.00 bits per heavy atom. The van der Waals surface area contributed by atoms with Crippen LogP contribution in [0.15, 0.2) is 55.1 Å². The molecule has 2 saturated heterocycles. The molecule has 7 nitrogen and oxygen atoms in total. The maximum atomic E-state index is 12.7. The quantitative estimate of drug-likeness (QED) is 0.588. The Balaban J connectivity index is 1.20. The van der Waals surface area contributed by atoms with Crippen molar-refractivity contribution in [2.45, 2.75) is 25.4 Å². The monoisotopic (exact) mass is 390 g/mol. The number of rotatable bonds is 4. The van der Waals surface area contributed by atoms with E-state index in [1.807, 2.05) is 47.2 Å². The molecular weight excluding hydrogens is 368 g/mol. The van der Waals surface area contributed by atoms with Crippen molar-refractivity contribution in [1.82, 2.24) is 19.4 Å². The smallest absolute Gasteiger partial charge is 0.253 e. The lowest BCUT2D eigenvalue weighted by atomic mass is 9.85. The second-order valence-corrected chi connectivity index (χ2v) is 8.00. The van der Waals surface area contributed by atoms with Crippen LogP contribution in [0.4, 0.5) is 0 Å². The van der Waals surface area contributed by atoms with Gasteiger partial charge in [-0.3, -0.25) is 19.3 Å². The van der Waals surface area contributed by atoms with Gasteiger partial charge in [0, 0.05) is 37.6 Å². The first kappa shape index (κ1) is 17.8. The lowest BCUT2D eigenvalue weighted by molar-refractivity contribution is -0.145. The molecule has 7 heteroatoms. The number of carbonyl (C=O) groups excluding carboxylic acids is 3. The van der Waals surface area contributed by atoms with Gasteiger partial charge < -0.3 is 9.47 Å². The Hall–Kier alpha value is -3.22. The summed E-state index contributed by atoms with van der Waals surface area (Å²) in [5.41, 5.74) is 1.71. The topological polar surface area (TPSA) is 75.5 Å². The first-order valence-corrected chi connectivity index (χ1v) is 9.97. The number of nitrogens with zero attached hydrogens (tertiary/aromatic N) is 4. The first-order chi connectivity index (χ1) is 14.1. The molecule has 1 aliphatic carbocycles. The van der Waals surface area contributed by atoms with Gasteiger partial charge in [-0.25, -0.2) is 4.98 Å². The molecule has 0 N–H and O–H groups in total. The molecule has 0 spiro atoms. The van der Waals surface area contributed by atoms with Gasteiger partial charge in [-0.2, -0.15) is 0 Å². The Morgan fingerprint density at radius 2 is 1.66 bits per heavy atom. The maximum absolute atomic E-state index is 12.7. The van der Waals surface area contributed by atoms with E-state index in [1.165, 1.54) is 4.90 Å². The van der Waals surface area contributed by atoms with Gasteiger partial charge in [0.1, 0.15) is 0 Å². The van der Waals surface area contributed by atoms with Crippen LogP contribution in [0.3, 0.4) is 0 Å². The predicted molar refractivity (Wildman–Crippen MR) is 105 cm³/mol. The van der Waals surface area contributed by atoms with Crippen LogP contribution in [-0.4, -0.2) is 56.2 Å². The van der Waals surface area contributed by atoms with Gasteiger partial charge in [-0.15, -0.1) is 0 Å². The maximum Gasteiger partial charge on any atom is 0.253 e. The number of fused-ring (bicyclic) bond motifs is 1. The summed E-state index contributed by atoms with van der Waals surface area (Å²) in [6.07, 6.45) is 10.7. The van der Waals surface area contributed by atoms with E-state index in [2.05, 4.69) is 4.98 Å². The SMILES string of the molecule is O=C(c1ccc(Cn2ccnc2)cc1)N1CC(N2C(=O)C3CC=CCC3C2=O)C1. The molecule has 0 saturated carbocycles. The zero-order valence-electron chi connectivity index (χ0n) is 16.0. The zero-order chi connectivity index (χ0) is 20.0. The average molecular weight is 390 g/mol. The molecule has 3 amide bonds. The number of carbonyl (C=O) groups is 3. The zero-order valence-corrected chi connectivity index (χ0v) is 16.0. The minimum atomic E-state index is -0.208. The lowest BCUT2D eigenvalue weighted by Gasteiger charge is -2.43.